The zero-order chi connectivity index (χ0) is 19.1. The van der Waals surface area contributed by atoms with Crippen molar-refractivity contribution in [1.82, 2.24) is 15.2 Å². The van der Waals surface area contributed by atoms with Gasteiger partial charge in [0.2, 0.25) is 5.13 Å². The second-order valence-electron chi connectivity index (χ2n) is 5.69. The first-order chi connectivity index (χ1) is 13.2. The number of ether oxygens (including phenoxy) is 2. The van der Waals surface area contributed by atoms with Crippen LogP contribution < -0.4 is 14.8 Å². The minimum atomic E-state index is -0.266. The maximum Gasteiger partial charge on any atom is 0.257 e. The van der Waals surface area contributed by atoms with E-state index in [1.807, 2.05) is 5.38 Å². The van der Waals surface area contributed by atoms with E-state index < -0.39 is 0 Å². The Hall–Kier alpha value is -2.52. The molecular weight excluding hydrogens is 384 g/mol. The van der Waals surface area contributed by atoms with Crippen molar-refractivity contribution in [3.63, 3.8) is 0 Å². The van der Waals surface area contributed by atoms with E-state index in [1.54, 1.807) is 23.7 Å². The summed E-state index contributed by atoms with van der Waals surface area (Å²) in [5.41, 5.74) is 3.06. The summed E-state index contributed by atoms with van der Waals surface area (Å²) in [6, 6.07) is 5.05. The van der Waals surface area contributed by atoms with Gasteiger partial charge in [-0.2, -0.15) is 0 Å². The van der Waals surface area contributed by atoms with E-state index in [1.165, 1.54) is 29.8 Å². The largest absolute Gasteiger partial charge is 0.493 e. The molecule has 0 aliphatic heterocycles. The van der Waals surface area contributed by atoms with Gasteiger partial charge in [0.05, 0.1) is 18.3 Å². The minimum absolute atomic E-state index is 0.266. The van der Waals surface area contributed by atoms with E-state index in [0.717, 1.165) is 30.0 Å². The van der Waals surface area contributed by atoms with Crippen molar-refractivity contribution in [2.75, 3.05) is 12.4 Å². The molecule has 142 valence electrons. The van der Waals surface area contributed by atoms with Gasteiger partial charge in [-0.25, -0.2) is 4.98 Å². The molecule has 3 rings (SSSR count). The molecule has 0 bridgehead atoms. The van der Waals surface area contributed by atoms with Crippen LogP contribution in [0.1, 0.15) is 40.8 Å². The van der Waals surface area contributed by atoms with Crippen molar-refractivity contribution in [2.24, 2.45) is 0 Å². The van der Waals surface area contributed by atoms with Gasteiger partial charge in [-0.3, -0.25) is 10.1 Å². The number of aromatic nitrogens is 3. The number of thiazole rings is 1. The van der Waals surface area contributed by atoms with Gasteiger partial charge in [0.1, 0.15) is 11.6 Å². The molecule has 0 aliphatic rings. The van der Waals surface area contributed by atoms with Gasteiger partial charge in [-0.1, -0.05) is 24.7 Å². The first kappa shape index (κ1) is 19.2. The molecule has 0 fully saturated rings. The smallest absolute Gasteiger partial charge is 0.257 e. The number of amides is 1. The van der Waals surface area contributed by atoms with Crippen molar-refractivity contribution in [2.45, 2.75) is 32.8 Å². The van der Waals surface area contributed by atoms with Gasteiger partial charge in [0.15, 0.2) is 11.5 Å². The van der Waals surface area contributed by atoms with E-state index in [0.29, 0.717) is 28.8 Å². The summed E-state index contributed by atoms with van der Waals surface area (Å²) < 4.78 is 11.1. The van der Waals surface area contributed by atoms with Crippen molar-refractivity contribution < 1.29 is 14.3 Å². The van der Waals surface area contributed by atoms with Gasteiger partial charge in [0, 0.05) is 17.4 Å². The Morgan fingerprint density at radius 3 is 2.89 bits per heavy atom. The van der Waals surface area contributed by atoms with Crippen LogP contribution >= 0.6 is 22.7 Å². The fourth-order valence-electron chi connectivity index (χ4n) is 2.29. The summed E-state index contributed by atoms with van der Waals surface area (Å²) in [4.78, 5) is 16.7. The van der Waals surface area contributed by atoms with Gasteiger partial charge < -0.3 is 9.47 Å². The molecule has 0 aliphatic carbocycles. The van der Waals surface area contributed by atoms with Crippen LogP contribution in [0, 0.1) is 0 Å². The van der Waals surface area contributed by atoms with Gasteiger partial charge in [0.25, 0.3) is 5.91 Å². The molecule has 7 nitrogen and oxygen atoms in total. The maximum absolute atomic E-state index is 12.5. The molecule has 1 aromatic carbocycles. The van der Waals surface area contributed by atoms with Crippen molar-refractivity contribution in [1.29, 1.82) is 0 Å². The second-order valence-corrected chi connectivity index (χ2v) is 7.47. The summed E-state index contributed by atoms with van der Waals surface area (Å²) in [7, 11) is 1.54. The van der Waals surface area contributed by atoms with Gasteiger partial charge in [-0.15, -0.1) is 21.5 Å². The number of benzene rings is 1. The number of rotatable bonds is 9. The summed E-state index contributed by atoms with van der Waals surface area (Å²) in [5, 5.41) is 14.3. The molecule has 0 saturated carbocycles. The lowest BCUT2D eigenvalue weighted by molar-refractivity contribution is 0.102. The van der Waals surface area contributed by atoms with Gasteiger partial charge in [-0.05, 0) is 24.6 Å². The normalized spacial score (nSPS) is 10.6. The summed E-state index contributed by atoms with van der Waals surface area (Å²) in [5.74, 6) is 0.774. The average Bonchev–Trinajstić information content (AvgIpc) is 3.36. The minimum Gasteiger partial charge on any atom is -0.493 e. The Balaban J connectivity index is 1.65. The van der Waals surface area contributed by atoms with Crippen LogP contribution in [0.25, 0.3) is 0 Å². The molecule has 0 radical (unpaired) electrons. The Kier molecular flexibility index (Phi) is 6.72. The number of anilines is 1. The monoisotopic (exact) mass is 404 g/mol. The predicted octanol–water partition coefficient (Wildman–Crippen LogP) is 4.18. The number of hydrogen-bond donors (Lipinski definition) is 1. The predicted molar refractivity (Wildman–Crippen MR) is 106 cm³/mol. The van der Waals surface area contributed by atoms with E-state index in [-0.39, 0.29) is 5.91 Å². The number of nitrogens with zero attached hydrogens (tertiary/aromatic N) is 3. The highest BCUT2D eigenvalue weighted by atomic mass is 32.1. The molecular formula is C18H20N4O3S2. The highest BCUT2D eigenvalue weighted by molar-refractivity contribution is 7.15. The highest BCUT2D eigenvalue weighted by Crippen LogP contribution is 2.29. The van der Waals surface area contributed by atoms with Crippen LogP contribution in [-0.2, 0) is 13.0 Å². The van der Waals surface area contributed by atoms with Crippen LogP contribution in [0.4, 0.5) is 5.13 Å². The highest BCUT2D eigenvalue weighted by Gasteiger charge is 2.14. The topological polar surface area (TPSA) is 86.2 Å². The number of carbonyl (C=O) groups is 1. The van der Waals surface area contributed by atoms with E-state index in [9.17, 15) is 4.79 Å². The quantitative estimate of drug-likeness (QED) is 0.576. The molecule has 0 saturated heterocycles. The molecule has 0 spiro atoms. The van der Waals surface area contributed by atoms with Crippen LogP contribution in [0.5, 0.6) is 11.5 Å². The summed E-state index contributed by atoms with van der Waals surface area (Å²) in [6.07, 6.45) is 3.03. The van der Waals surface area contributed by atoms with Crippen molar-refractivity contribution >= 4 is 33.7 Å². The lowest BCUT2D eigenvalue weighted by Crippen LogP contribution is -2.12. The van der Waals surface area contributed by atoms with Crippen LogP contribution in [-0.4, -0.2) is 28.2 Å². The molecule has 0 unspecified atom stereocenters. The number of hydrogen-bond acceptors (Lipinski definition) is 8. The summed E-state index contributed by atoms with van der Waals surface area (Å²) in [6.45, 7) is 2.47. The lowest BCUT2D eigenvalue weighted by Gasteiger charge is -2.11. The third-order valence-electron chi connectivity index (χ3n) is 3.72. The molecule has 2 aromatic heterocycles. The molecule has 3 aromatic rings. The fourth-order valence-corrected chi connectivity index (χ4v) is 3.61. The standard InChI is InChI=1S/C18H20N4O3S2/c1-3-4-5-16-21-22-18(27-16)20-17(23)12-6-7-14(15(8-12)24-2)25-9-13-10-26-11-19-13/h6-8,10-11H,3-5,9H2,1-2H3,(H,20,22,23). The van der Waals surface area contributed by atoms with E-state index >= 15 is 0 Å². The van der Waals surface area contributed by atoms with E-state index in [2.05, 4.69) is 27.4 Å². The SMILES string of the molecule is CCCCc1nnc(NC(=O)c2ccc(OCc3cscn3)c(OC)c2)s1. The number of carbonyl (C=O) groups excluding carboxylic acids is 1. The first-order valence-corrected chi connectivity index (χ1v) is 10.3. The molecule has 9 heteroatoms. The Morgan fingerprint density at radius 2 is 2.15 bits per heavy atom. The molecule has 27 heavy (non-hydrogen) atoms. The molecule has 1 amide bonds. The average molecular weight is 405 g/mol. The molecule has 0 atom stereocenters. The van der Waals surface area contributed by atoms with Crippen LogP contribution in [0.2, 0.25) is 0 Å². The Morgan fingerprint density at radius 1 is 1.26 bits per heavy atom. The lowest BCUT2D eigenvalue weighted by atomic mass is 10.2. The fraction of sp³-hybridized carbons (Fsp3) is 0.333. The maximum atomic E-state index is 12.5. The zero-order valence-corrected chi connectivity index (χ0v) is 16.7. The number of unbranched alkanes of at least 4 members (excludes halogenated alkanes) is 1. The number of nitrogens with one attached hydrogen (secondary N) is 1. The Bertz CT molecular complexity index is 881. The van der Waals surface area contributed by atoms with Crippen LogP contribution in [0.15, 0.2) is 29.1 Å². The third-order valence-corrected chi connectivity index (χ3v) is 5.25. The molecule has 1 N–H and O–H groups in total. The van der Waals surface area contributed by atoms with Gasteiger partial charge >= 0.3 is 0 Å². The van der Waals surface area contributed by atoms with Crippen molar-refractivity contribution in [3.05, 3.63) is 45.4 Å². The summed E-state index contributed by atoms with van der Waals surface area (Å²) >= 11 is 2.91. The van der Waals surface area contributed by atoms with Crippen LogP contribution in [0.3, 0.4) is 0 Å². The third kappa shape index (κ3) is 5.24. The zero-order valence-electron chi connectivity index (χ0n) is 15.1. The van der Waals surface area contributed by atoms with E-state index in [4.69, 9.17) is 9.47 Å². The second kappa shape index (κ2) is 9.43. The first-order valence-electron chi connectivity index (χ1n) is 8.51. The Labute approximate surface area is 165 Å². The number of methoxy groups -OCH3 is 1. The molecule has 2 heterocycles. The van der Waals surface area contributed by atoms with Crippen molar-refractivity contribution in [3.8, 4) is 11.5 Å². The number of aryl methyl sites for hydroxylation is 1.